The van der Waals surface area contributed by atoms with Crippen molar-refractivity contribution in [3.05, 3.63) is 71.8 Å². The second-order valence-electron chi connectivity index (χ2n) is 37.4. The van der Waals surface area contributed by atoms with Gasteiger partial charge >= 0.3 is 23.9 Å². The molecule has 2 aromatic rings. The summed E-state index contributed by atoms with van der Waals surface area (Å²) in [7, 11) is 0. The van der Waals surface area contributed by atoms with E-state index in [0.717, 1.165) is 0 Å². The summed E-state index contributed by atoms with van der Waals surface area (Å²) >= 11 is 8.35. The molecule has 0 bridgehead atoms. The summed E-state index contributed by atoms with van der Waals surface area (Å²) in [4.78, 5) is 324. The largest absolute Gasteiger partial charge is 0.481 e. The van der Waals surface area contributed by atoms with Gasteiger partial charge in [-0.3, -0.25) is 110 Å². The van der Waals surface area contributed by atoms with Gasteiger partial charge in [0.15, 0.2) is 0 Å². The number of nitrogens with two attached hydrogens (primary N) is 2. The molecule has 0 aromatic heterocycles. The molecule has 814 valence electrons. The van der Waals surface area contributed by atoms with Crippen LogP contribution in [0.2, 0.25) is 0 Å². The normalized spacial score (nSPS) is 15.5. The molecular formula is C94H147N21O29S2. The molecule has 28 N–H and O–H groups in total. The molecule has 0 heterocycles. The van der Waals surface area contributed by atoms with Crippen LogP contribution in [0, 0.1) is 41.4 Å². The number of carboxylic acids is 4. The second-order valence-corrected chi connectivity index (χ2v) is 38.2. The Hall–Kier alpha value is -13.7. The first-order chi connectivity index (χ1) is 68.2. The average Bonchev–Trinajstić information content (AvgIpc) is 0.844. The SMILES string of the molecule is CC[C@H](C)[C@H](NC(=O)[C@H](CS)NC(=O)[C@H](CC(N)=O)NC(=O)CNC(=O)[C@@H](NC(=O)[C@H](CS)NC(=O)[C@H](CCC(=O)O)NC(=O)[C@H](CC(=O)O)NC(=O)[C@@H](N)CC(=O)O)C(C)C)C(=O)N[C@H](C(=O)N[C@@H](CC(C)C)C(=O)N[C@@H](Cc1ccccc1)C(=O)N[C@@H](C)C(=O)N[C@@H](C)C(=O)N[C@@H](CC(C)C)C(=O)N[C@@H](Cc1ccccc1)C(=O)N[C@@H](C)C(=O)N[C@H](C(=O)N[C@H](C(=O)N[C@@H](CO)C(=O)O)[C@@H](C)CC)C(C)C)C(C)C. The van der Waals surface area contributed by atoms with Gasteiger partial charge in [-0.25, -0.2) is 4.79 Å². The molecule has 0 aliphatic carbocycles. The molecule has 0 saturated carbocycles. The first kappa shape index (κ1) is 128. The molecule has 146 heavy (non-hydrogen) atoms. The Kier molecular flexibility index (Phi) is 56.5. The Balaban J connectivity index is 2.35. The van der Waals surface area contributed by atoms with E-state index in [0.29, 0.717) is 17.5 Å². The van der Waals surface area contributed by atoms with Gasteiger partial charge in [0.05, 0.1) is 38.5 Å². The van der Waals surface area contributed by atoms with Crippen molar-refractivity contribution >= 4 is 167 Å². The molecule has 0 spiro atoms. The summed E-state index contributed by atoms with van der Waals surface area (Å²) in [6.45, 7) is 24.9. The Morgan fingerprint density at radius 1 is 0.308 bits per heavy atom. The maximum atomic E-state index is 14.7. The van der Waals surface area contributed by atoms with Gasteiger partial charge in [-0.15, -0.1) is 0 Å². The van der Waals surface area contributed by atoms with E-state index in [-0.39, 0.29) is 43.9 Å². The van der Waals surface area contributed by atoms with Gasteiger partial charge in [0.1, 0.15) is 109 Å². The summed E-state index contributed by atoms with van der Waals surface area (Å²) < 4.78 is 0. The Bertz CT molecular complexity index is 4850. The predicted molar refractivity (Wildman–Crippen MR) is 533 cm³/mol. The minimum Gasteiger partial charge on any atom is -0.481 e. The van der Waals surface area contributed by atoms with Crippen molar-refractivity contribution < 1.29 is 141 Å². The summed E-state index contributed by atoms with van der Waals surface area (Å²) in [5.74, 6) is -31.4. The zero-order valence-corrected chi connectivity index (χ0v) is 86.8. The lowest BCUT2D eigenvalue weighted by Crippen LogP contribution is -2.62. The average molecular weight is 2100 g/mol. The van der Waals surface area contributed by atoms with Crippen molar-refractivity contribution in [3.63, 3.8) is 0 Å². The van der Waals surface area contributed by atoms with Crippen LogP contribution in [0.1, 0.15) is 187 Å². The van der Waals surface area contributed by atoms with E-state index in [1.807, 2.05) is 5.32 Å². The summed E-state index contributed by atoms with van der Waals surface area (Å²) in [5, 5.41) is 93.5. The van der Waals surface area contributed by atoms with Crippen LogP contribution in [-0.4, -0.2) is 307 Å². The summed E-state index contributed by atoms with van der Waals surface area (Å²) in [5.41, 5.74) is 12.1. The zero-order valence-electron chi connectivity index (χ0n) is 85.0. The van der Waals surface area contributed by atoms with Crippen LogP contribution in [0.3, 0.4) is 0 Å². The highest BCUT2D eigenvalue weighted by atomic mass is 32.1. The molecule has 21 atom stereocenters. The maximum Gasteiger partial charge on any atom is 0.328 e. The third-order valence-electron chi connectivity index (χ3n) is 23.0. The zero-order chi connectivity index (χ0) is 111. The van der Waals surface area contributed by atoms with Crippen LogP contribution >= 0.6 is 25.3 Å². The molecule has 50 nitrogen and oxygen atoms in total. The van der Waals surface area contributed by atoms with Crippen molar-refractivity contribution in [2.75, 3.05) is 24.7 Å². The number of nitrogens with one attached hydrogen (secondary N) is 19. The fourth-order valence-electron chi connectivity index (χ4n) is 14.1. The second kappa shape index (κ2) is 64.3. The van der Waals surface area contributed by atoms with E-state index in [4.69, 9.17) is 16.6 Å². The number of hydrogen-bond donors (Lipinski definition) is 28. The minimum absolute atomic E-state index is 0.00960. The number of benzene rings is 2. The highest BCUT2D eigenvalue weighted by molar-refractivity contribution is 7.80. The minimum atomic E-state index is -1.99. The highest BCUT2D eigenvalue weighted by Gasteiger charge is 2.42. The van der Waals surface area contributed by atoms with Gasteiger partial charge in [-0.2, -0.15) is 25.3 Å². The predicted octanol–water partition coefficient (Wildman–Crippen LogP) is -5.52. The van der Waals surface area contributed by atoms with Crippen molar-refractivity contribution in [3.8, 4) is 0 Å². The molecule has 52 heteroatoms. The number of aliphatic carboxylic acids is 4. The van der Waals surface area contributed by atoms with Gasteiger partial charge in [-0.1, -0.05) is 170 Å². The molecule has 2 aromatic carbocycles. The van der Waals surface area contributed by atoms with Crippen molar-refractivity contribution in [1.29, 1.82) is 0 Å². The molecular weight excluding hydrogens is 1950 g/mol. The molecule has 0 aliphatic rings. The number of carboxylic acid groups (broad SMARTS) is 4. The number of thiol groups is 2. The quantitative estimate of drug-likeness (QED) is 0.0275. The molecule has 0 radical (unpaired) electrons. The van der Waals surface area contributed by atoms with Crippen LogP contribution < -0.4 is 112 Å². The number of aliphatic hydroxyl groups is 1. The lowest BCUT2D eigenvalue weighted by Gasteiger charge is -2.31. The first-order valence-corrected chi connectivity index (χ1v) is 49.1. The van der Waals surface area contributed by atoms with Gasteiger partial charge < -0.3 is 138 Å². The standard InChI is InChI=1S/C94H147N21O29S2/c1-18-48(13)74(92(141)108-63(40-116)94(143)144)115-91(140)73(47(11)12)111-78(127)52(17)100-82(131)60(35-54-28-24-21-25-29-54)105-83(132)57(32-43(3)4)103-77(126)51(16)98-76(125)50(15)99-81(130)59(34-53-26-22-20-23-27-53)106-84(133)58(33-44(5)6)107-90(139)72(46(9)10)113-93(142)75(49(14)19-2)114-88(137)65(42-146)110-85(134)61(37-66(96)117)101-67(118)39-97-89(138)71(45(7)8)112-87(136)64(41-145)109-80(129)56(30-31-68(119)120)102-86(135)62(38-70(123)124)104-79(128)55(95)36-69(121)122/h20-29,43-52,55-65,71-75,116,145-146H,18-19,30-42,95H2,1-17H3,(H2,96,117)(H,97,138)(H,98,125)(H,99,130)(H,100,131)(H,101,118)(H,102,135)(H,103,126)(H,104,128)(H,105,132)(H,106,133)(H,107,139)(H,108,141)(H,109,129)(H,110,134)(H,111,127)(H,112,136)(H,113,142)(H,114,137)(H,115,140)(H,119,120)(H,121,122)(H,123,124)(H,143,144)/t48-,49-,50-,51-,52-,55-,56-,57-,58-,59-,60-,61-,62-,63-,64-,65-,71-,72-,73-,74-,75-/m0/s1. The molecule has 0 unspecified atom stereocenters. The number of aliphatic hydroxyl groups excluding tert-OH is 1. The topological polar surface area (TPSA) is 791 Å². The van der Waals surface area contributed by atoms with Gasteiger partial charge in [0, 0.05) is 30.8 Å². The number of rotatable bonds is 66. The summed E-state index contributed by atoms with van der Waals surface area (Å²) in [6.07, 6.45) is -4.27. The van der Waals surface area contributed by atoms with Crippen LogP contribution in [-0.2, 0) is 128 Å². The van der Waals surface area contributed by atoms with E-state index in [9.17, 15) is 135 Å². The number of amides is 20. The molecule has 0 aliphatic heterocycles. The van der Waals surface area contributed by atoms with Crippen molar-refractivity contribution in [2.45, 2.75) is 303 Å². The Morgan fingerprint density at radius 2 is 0.603 bits per heavy atom. The molecule has 0 saturated heterocycles. The third kappa shape index (κ3) is 45.7. The number of carbonyl (C=O) groups excluding carboxylic acids is 20. The van der Waals surface area contributed by atoms with E-state index >= 15 is 0 Å². The van der Waals surface area contributed by atoms with E-state index in [1.54, 1.807) is 144 Å². The van der Waals surface area contributed by atoms with Gasteiger partial charge in [-0.05, 0) is 92.6 Å². The molecule has 2 rings (SSSR count). The first-order valence-electron chi connectivity index (χ1n) is 47.8. The van der Waals surface area contributed by atoms with E-state index < -0.39 is 343 Å². The Morgan fingerprint density at radius 3 is 0.986 bits per heavy atom. The lowest BCUT2D eigenvalue weighted by molar-refractivity contribution is -0.144. The smallest absolute Gasteiger partial charge is 0.328 e. The van der Waals surface area contributed by atoms with Crippen molar-refractivity contribution in [1.82, 2.24) is 101 Å². The Labute approximate surface area is 857 Å². The monoisotopic (exact) mass is 2100 g/mol. The van der Waals surface area contributed by atoms with Crippen molar-refractivity contribution in [2.24, 2.45) is 52.9 Å². The van der Waals surface area contributed by atoms with Gasteiger partial charge in [0.2, 0.25) is 118 Å². The number of carbonyl (C=O) groups is 24. The number of primary amides is 1. The van der Waals surface area contributed by atoms with Crippen LogP contribution in [0.4, 0.5) is 0 Å². The summed E-state index contributed by atoms with van der Waals surface area (Å²) in [6, 6.07) is -12.6. The van der Waals surface area contributed by atoms with E-state index in [2.05, 4.69) is 121 Å². The fourth-order valence-corrected chi connectivity index (χ4v) is 14.7. The van der Waals surface area contributed by atoms with Crippen LogP contribution in [0.15, 0.2) is 60.7 Å². The van der Waals surface area contributed by atoms with E-state index in [1.165, 1.54) is 34.6 Å². The van der Waals surface area contributed by atoms with Crippen LogP contribution in [0.5, 0.6) is 0 Å². The third-order valence-corrected chi connectivity index (χ3v) is 23.8. The lowest BCUT2D eigenvalue weighted by atomic mass is 9.95. The highest BCUT2D eigenvalue weighted by Crippen LogP contribution is 2.19. The molecule has 20 amide bonds. The molecule has 0 fully saturated rings. The number of hydrogen-bond acceptors (Lipinski definition) is 28. The fraction of sp³-hybridized carbons (Fsp3) is 0.617. The van der Waals surface area contributed by atoms with Crippen LogP contribution in [0.25, 0.3) is 0 Å². The maximum absolute atomic E-state index is 14.7. The van der Waals surface area contributed by atoms with Gasteiger partial charge in [0.25, 0.3) is 0 Å².